The van der Waals surface area contributed by atoms with Gasteiger partial charge in [0.2, 0.25) is 5.82 Å². The third-order valence-electron chi connectivity index (χ3n) is 3.57. The normalized spacial score (nSPS) is 10.8. The van der Waals surface area contributed by atoms with Gasteiger partial charge < -0.3 is 4.90 Å². The van der Waals surface area contributed by atoms with Gasteiger partial charge in [0.25, 0.3) is 0 Å². The molecule has 8 heteroatoms. The molecule has 0 saturated carbocycles. The van der Waals surface area contributed by atoms with Crippen LogP contribution in [0.15, 0.2) is 57.9 Å². The molecule has 2 aromatic heterocycles. The summed E-state index contributed by atoms with van der Waals surface area (Å²) >= 11 is 3.36. The van der Waals surface area contributed by atoms with Crippen LogP contribution in [0.3, 0.4) is 0 Å². The summed E-state index contributed by atoms with van der Waals surface area (Å²) in [5, 5.41) is 11.4. The number of halogens is 1. The molecule has 0 radical (unpaired) electrons. The van der Waals surface area contributed by atoms with Crippen LogP contribution in [-0.2, 0) is 6.54 Å². The summed E-state index contributed by atoms with van der Waals surface area (Å²) in [5.41, 5.74) is 0.0948. The van der Waals surface area contributed by atoms with Gasteiger partial charge in [-0.3, -0.25) is 19.3 Å². The van der Waals surface area contributed by atoms with Gasteiger partial charge >= 0.3 is 11.2 Å². The largest absolute Gasteiger partial charge is 0.376 e. The molecule has 122 valence electrons. The van der Waals surface area contributed by atoms with Gasteiger partial charge in [-0.2, -0.15) is 0 Å². The van der Waals surface area contributed by atoms with Gasteiger partial charge in [-0.1, -0.05) is 34.1 Å². The highest BCUT2D eigenvalue weighted by Gasteiger charge is 2.26. The molecule has 2 heterocycles. The number of nitro groups is 1. The fourth-order valence-corrected chi connectivity index (χ4v) is 2.70. The zero-order chi connectivity index (χ0) is 17.3. The molecule has 0 atom stereocenters. The number of fused-ring (bicyclic) bond motifs is 1. The van der Waals surface area contributed by atoms with E-state index in [-0.39, 0.29) is 5.82 Å². The van der Waals surface area contributed by atoms with Crippen molar-refractivity contribution in [2.75, 3.05) is 11.9 Å². The van der Waals surface area contributed by atoms with Crippen LogP contribution >= 0.6 is 15.9 Å². The van der Waals surface area contributed by atoms with Crippen LogP contribution < -0.4 is 10.5 Å². The Hall–Kier alpha value is -2.74. The van der Waals surface area contributed by atoms with Crippen molar-refractivity contribution in [3.63, 3.8) is 0 Å². The second kappa shape index (κ2) is 6.40. The smallest absolute Gasteiger partial charge is 0.349 e. The first-order chi connectivity index (χ1) is 11.5. The van der Waals surface area contributed by atoms with Gasteiger partial charge in [-0.15, -0.1) is 0 Å². The minimum Gasteiger partial charge on any atom is -0.349 e. The molecule has 0 aliphatic rings. The van der Waals surface area contributed by atoms with Crippen LogP contribution in [-0.4, -0.2) is 21.4 Å². The fraction of sp³-hybridized carbons (Fsp3) is 0.125. The minimum absolute atomic E-state index is 0.0547. The summed E-state index contributed by atoms with van der Waals surface area (Å²) in [6, 6.07) is 12.6. The molecule has 0 saturated heterocycles. The number of hydrogen-bond donors (Lipinski definition) is 0. The van der Waals surface area contributed by atoms with Crippen LogP contribution in [0.1, 0.15) is 5.56 Å². The van der Waals surface area contributed by atoms with Crippen molar-refractivity contribution in [3.8, 4) is 0 Å². The molecule has 0 unspecified atom stereocenters. The number of benzene rings is 1. The lowest BCUT2D eigenvalue weighted by Gasteiger charge is -2.18. The zero-order valence-electron chi connectivity index (χ0n) is 12.7. The Labute approximate surface area is 145 Å². The number of nitrogens with zero attached hydrogens (tertiary/aromatic N) is 4. The SMILES string of the molecule is CN(Cc1ccc(Br)cc1)c1nc2ccccn2c(=O)c1[N+](=O)[O-]. The van der Waals surface area contributed by atoms with Gasteiger partial charge in [-0.05, 0) is 29.8 Å². The quantitative estimate of drug-likeness (QED) is 0.506. The van der Waals surface area contributed by atoms with Gasteiger partial charge in [0.05, 0.1) is 4.92 Å². The molecule has 3 rings (SSSR count). The van der Waals surface area contributed by atoms with E-state index in [1.807, 2.05) is 24.3 Å². The molecule has 0 N–H and O–H groups in total. The molecule has 24 heavy (non-hydrogen) atoms. The Morgan fingerprint density at radius 2 is 1.96 bits per heavy atom. The first kappa shape index (κ1) is 16.1. The minimum atomic E-state index is -0.691. The van der Waals surface area contributed by atoms with E-state index in [1.54, 1.807) is 30.1 Å². The second-order valence-electron chi connectivity index (χ2n) is 5.26. The van der Waals surface area contributed by atoms with Crippen LogP contribution in [0.2, 0.25) is 0 Å². The monoisotopic (exact) mass is 388 g/mol. The lowest BCUT2D eigenvalue weighted by molar-refractivity contribution is -0.385. The average Bonchev–Trinajstić information content (AvgIpc) is 2.56. The van der Waals surface area contributed by atoms with Crippen LogP contribution in [0.25, 0.3) is 5.65 Å². The van der Waals surface area contributed by atoms with Crippen molar-refractivity contribution >= 4 is 33.1 Å². The van der Waals surface area contributed by atoms with E-state index in [2.05, 4.69) is 20.9 Å². The summed E-state index contributed by atoms with van der Waals surface area (Å²) in [5.74, 6) is 0.0547. The number of rotatable bonds is 4. The Morgan fingerprint density at radius 1 is 1.25 bits per heavy atom. The molecule has 0 spiro atoms. The molecule has 7 nitrogen and oxygen atoms in total. The van der Waals surface area contributed by atoms with E-state index >= 15 is 0 Å². The van der Waals surface area contributed by atoms with Crippen LogP contribution in [0.4, 0.5) is 11.5 Å². The van der Waals surface area contributed by atoms with Crippen molar-refractivity contribution in [3.05, 3.63) is 79.2 Å². The number of anilines is 1. The van der Waals surface area contributed by atoms with E-state index in [1.165, 1.54) is 10.6 Å². The summed E-state index contributed by atoms with van der Waals surface area (Å²) in [6.07, 6.45) is 1.47. The lowest BCUT2D eigenvalue weighted by atomic mass is 10.2. The van der Waals surface area contributed by atoms with Gasteiger partial charge in [0.15, 0.2) is 0 Å². The fourth-order valence-electron chi connectivity index (χ4n) is 2.43. The third-order valence-corrected chi connectivity index (χ3v) is 4.10. The van der Waals surface area contributed by atoms with E-state index < -0.39 is 16.2 Å². The second-order valence-corrected chi connectivity index (χ2v) is 6.17. The predicted octanol–water partition coefficient (Wildman–Crippen LogP) is 3.00. The Bertz CT molecular complexity index is 969. The molecule has 1 aromatic carbocycles. The van der Waals surface area contributed by atoms with Crippen molar-refractivity contribution in [1.82, 2.24) is 9.38 Å². The van der Waals surface area contributed by atoms with Crippen LogP contribution in [0, 0.1) is 10.1 Å². The molecule has 0 bridgehead atoms. The zero-order valence-corrected chi connectivity index (χ0v) is 14.3. The van der Waals surface area contributed by atoms with Crippen molar-refractivity contribution < 1.29 is 4.92 Å². The number of pyridine rings is 1. The van der Waals surface area contributed by atoms with Crippen molar-refractivity contribution in [1.29, 1.82) is 0 Å². The maximum atomic E-state index is 12.4. The first-order valence-corrected chi connectivity index (χ1v) is 7.88. The molecule has 0 amide bonds. The third kappa shape index (κ3) is 3.00. The topological polar surface area (TPSA) is 80.8 Å². The molecular formula is C16H13BrN4O3. The number of aromatic nitrogens is 2. The lowest BCUT2D eigenvalue weighted by Crippen LogP contribution is -2.26. The van der Waals surface area contributed by atoms with Gasteiger partial charge in [-0.25, -0.2) is 4.98 Å². The summed E-state index contributed by atoms with van der Waals surface area (Å²) in [7, 11) is 1.68. The molecule has 0 aliphatic heterocycles. The highest BCUT2D eigenvalue weighted by atomic mass is 79.9. The maximum Gasteiger partial charge on any atom is 0.376 e. The molecule has 3 aromatic rings. The maximum absolute atomic E-state index is 12.4. The highest BCUT2D eigenvalue weighted by Crippen LogP contribution is 2.23. The molecular weight excluding hydrogens is 376 g/mol. The van der Waals surface area contributed by atoms with E-state index in [0.29, 0.717) is 12.2 Å². The van der Waals surface area contributed by atoms with Gasteiger partial charge in [0, 0.05) is 24.3 Å². The standard InChI is InChI=1S/C16H13BrN4O3/c1-19(10-11-5-7-12(17)8-6-11)15-14(21(23)24)16(22)20-9-3-2-4-13(20)18-15/h2-9H,10H2,1H3. The molecule has 0 aliphatic carbocycles. The van der Waals surface area contributed by atoms with E-state index in [0.717, 1.165) is 10.0 Å². The predicted molar refractivity (Wildman–Crippen MR) is 94.4 cm³/mol. The first-order valence-electron chi connectivity index (χ1n) is 7.09. The van der Waals surface area contributed by atoms with E-state index in [9.17, 15) is 14.9 Å². The summed E-state index contributed by atoms with van der Waals surface area (Å²) in [4.78, 5) is 29.1. The van der Waals surface area contributed by atoms with E-state index in [4.69, 9.17) is 0 Å². The van der Waals surface area contributed by atoms with Gasteiger partial charge in [0.1, 0.15) is 5.65 Å². The molecule has 0 fully saturated rings. The Kier molecular flexibility index (Phi) is 4.30. The Morgan fingerprint density at radius 3 is 2.62 bits per heavy atom. The van der Waals surface area contributed by atoms with Crippen LogP contribution in [0.5, 0.6) is 0 Å². The van der Waals surface area contributed by atoms with Crippen molar-refractivity contribution in [2.24, 2.45) is 0 Å². The Balaban J connectivity index is 2.10. The number of hydrogen-bond acceptors (Lipinski definition) is 5. The van der Waals surface area contributed by atoms with Crippen molar-refractivity contribution in [2.45, 2.75) is 6.54 Å². The summed E-state index contributed by atoms with van der Waals surface area (Å²) < 4.78 is 2.12. The highest BCUT2D eigenvalue weighted by molar-refractivity contribution is 9.10. The summed E-state index contributed by atoms with van der Waals surface area (Å²) in [6.45, 7) is 0.392. The average molecular weight is 389 g/mol.